The van der Waals surface area contributed by atoms with Gasteiger partial charge < -0.3 is 9.52 Å². The Hall–Kier alpha value is -1.88. The van der Waals surface area contributed by atoms with Gasteiger partial charge >= 0.3 is 5.97 Å². The predicted octanol–water partition coefficient (Wildman–Crippen LogP) is 3.78. The number of hydrogen-bond donors (Lipinski definition) is 1. The molecule has 4 nitrogen and oxygen atoms in total. The second-order valence-corrected chi connectivity index (χ2v) is 4.39. The highest BCUT2D eigenvalue weighted by Gasteiger charge is 2.20. The minimum Gasteiger partial charge on any atom is -0.475 e. The van der Waals surface area contributed by atoms with Gasteiger partial charge in [-0.2, -0.15) is 0 Å². The maximum atomic E-state index is 13.1. The highest BCUT2D eigenvalue weighted by Crippen LogP contribution is 2.26. The first kappa shape index (κ1) is 13.5. The Balaban J connectivity index is 2.47. The Morgan fingerprint density at radius 3 is 2.84 bits per heavy atom. The second-order valence-electron chi connectivity index (χ2n) is 3.98. The number of oxazole rings is 1. The van der Waals surface area contributed by atoms with Crippen molar-refractivity contribution in [2.75, 3.05) is 0 Å². The first-order valence-electron chi connectivity index (χ1n) is 5.71. The fraction of sp³-hybridized carbons (Fsp3) is 0.231. The van der Waals surface area contributed by atoms with E-state index in [-0.39, 0.29) is 16.7 Å². The Morgan fingerprint density at radius 1 is 1.53 bits per heavy atom. The molecule has 0 unspecified atom stereocenters. The molecule has 0 aliphatic carbocycles. The summed E-state index contributed by atoms with van der Waals surface area (Å²) in [4.78, 5) is 15.2. The van der Waals surface area contributed by atoms with E-state index in [0.717, 1.165) is 6.42 Å². The maximum absolute atomic E-state index is 13.1. The molecule has 0 saturated heterocycles. The van der Waals surface area contributed by atoms with Gasteiger partial charge in [-0.05, 0) is 24.6 Å². The topological polar surface area (TPSA) is 63.3 Å². The minimum atomic E-state index is -1.17. The van der Waals surface area contributed by atoms with Crippen molar-refractivity contribution < 1.29 is 18.7 Å². The zero-order valence-corrected chi connectivity index (χ0v) is 10.9. The van der Waals surface area contributed by atoms with E-state index in [1.54, 1.807) is 0 Å². The third-order valence-electron chi connectivity index (χ3n) is 2.54. The summed E-state index contributed by atoms with van der Waals surface area (Å²) in [7, 11) is 0. The molecule has 1 heterocycles. The zero-order valence-electron chi connectivity index (χ0n) is 10.1. The van der Waals surface area contributed by atoms with Crippen LogP contribution in [-0.4, -0.2) is 16.1 Å². The lowest BCUT2D eigenvalue weighted by Crippen LogP contribution is -1.99. The second kappa shape index (κ2) is 5.40. The fourth-order valence-corrected chi connectivity index (χ4v) is 1.86. The number of halogens is 2. The van der Waals surface area contributed by atoms with Crippen molar-refractivity contribution >= 4 is 17.6 Å². The van der Waals surface area contributed by atoms with Crippen LogP contribution in [0.15, 0.2) is 22.6 Å². The van der Waals surface area contributed by atoms with Crippen LogP contribution in [0.25, 0.3) is 11.5 Å². The van der Waals surface area contributed by atoms with E-state index < -0.39 is 11.8 Å². The molecule has 0 spiro atoms. The Kier molecular flexibility index (Phi) is 3.85. The van der Waals surface area contributed by atoms with E-state index in [0.29, 0.717) is 17.7 Å². The lowest BCUT2D eigenvalue weighted by molar-refractivity contribution is 0.0661. The number of aromatic nitrogens is 1. The summed E-state index contributed by atoms with van der Waals surface area (Å²) in [5.41, 5.74) is 0.821. The monoisotopic (exact) mass is 283 g/mol. The van der Waals surface area contributed by atoms with Gasteiger partial charge in [0.1, 0.15) is 5.82 Å². The van der Waals surface area contributed by atoms with Crippen LogP contribution in [0, 0.1) is 5.82 Å². The molecule has 0 amide bonds. The molecule has 0 fully saturated rings. The van der Waals surface area contributed by atoms with Crippen LogP contribution >= 0.6 is 11.6 Å². The lowest BCUT2D eigenvalue weighted by atomic mass is 10.2. The van der Waals surface area contributed by atoms with Crippen LogP contribution in [0.2, 0.25) is 5.02 Å². The summed E-state index contributed by atoms with van der Waals surface area (Å²) in [6, 6.07) is 3.97. The molecule has 1 N–H and O–H groups in total. The molecular weight excluding hydrogens is 273 g/mol. The van der Waals surface area contributed by atoms with E-state index in [4.69, 9.17) is 21.1 Å². The molecule has 19 heavy (non-hydrogen) atoms. The fourth-order valence-electron chi connectivity index (χ4n) is 1.68. The largest absolute Gasteiger partial charge is 0.475 e. The van der Waals surface area contributed by atoms with Gasteiger partial charge in [0, 0.05) is 5.56 Å². The first-order valence-corrected chi connectivity index (χ1v) is 6.09. The highest BCUT2D eigenvalue weighted by molar-refractivity contribution is 6.31. The van der Waals surface area contributed by atoms with Crippen molar-refractivity contribution in [1.29, 1.82) is 0 Å². The number of hydrogen-bond acceptors (Lipinski definition) is 3. The smallest absolute Gasteiger partial charge is 0.373 e. The summed E-state index contributed by atoms with van der Waals surface area (Å²) in [5, 5.41) is 8.97. The maximum Gasteiger partial charge on any atom is 0.373 e. The van der Waals surface area contributed by atoms with E-state index >= 15 is 0 Å². The number of rotatable bonds is 4. The summed E-state index contributed by atoms with van der Waals surface area (Å²) < 4.78 is 18.3. The number of carboxylic acids is 1. The summed E-state index contributed by atoms with van der Waals surface area (Å²) in [6.45, 7) is 1.91. The number of aryl methyl sites for hydroxylation is 1. The predicted molar refractivity (Wildman–Crippen MR) is 67.9 cm³/mol. The Morgan fingerprint density at radius 2 is 2.26 bits per heavy atom. The number of carboxylic acid groups (broad SMARTS) is 1. The Labute approximate surface area is 113 Å². The molecule has 0 atom stereocenters. The van der Waals surface area contributed by atoms with Crippen LogP contribution in [0.3, 0.4) is 0 Å². The van der Waals surface area contributed by atoms with E-state index in [2.05, 4.69) is 4.98 Å². The van der Waals surface area contributed by atoms with Gasteiger partial charge in [0.25, 0.3) is 0 Å². The summed E-state index contributed by atoms with van der Waals surface area (Å²) >= 11 is 5.67. The first-order chi connectivity index (χ1) is 9.02. The van der Waals surface area contributed by atoms with Crippen molar-refractivity contribution in [3.8, 4) is 11.5 Å². The van der Waals surface area contributed by atoms with Crippen LogP contribution in [0.4, 0.5) is 4.39 Å². The molecule has 0 bridgehead atoms. The number of aromatic carboxylic acids is 1. The van der Waals surface area contributed by atoms with Gasteiger partial charge in [-0.25, -0.2) is 14.2 Å². The summed E-state index contributed by atoms with van der Waals surface area (Å²) in [6.07, 6.45) is 1.25. The van der Waals surface area contributed by atoms with Crippen molar-refractivity contribution in [3.05, 3.63) is 40.5 Å². The van der Waals surface area contributed by atoms with Crippen molar-refractivity contribution in [2.24, 2.45) is 0 Å². The van der Waals surface area contributed by atoms with Gasteiger partial charge in [-0.3, -0.25) is 0 Å². The van der Waals surface area contributed by atoms with Crippen LogP contribution in [0.1, 0.15) is 29.6 Å². The molecule has 0 radical (unpaired) electrons. The molecule has 100 valence electrons. The third kappa shape index (κ3) is 2.76. The third-order valence-corrected chi connectivity index (χ3v) is 2.83. The van der Waals surface area contributed by atoms with Crippen LogP contribution in [-0.2, 0) is 6.42 Å². The number of benzene rings is 1. The van der Waals surface area contributed by atoms with E-state index in [1.165, 1.54) is 18.2 Å². The zero-order chi connectivity index (χ0) is 14.0. The highest BCUT2D eigenvalue weighted by atomic mass is 35.5. The average molecular weight is 284 g/mol. The summed E-state index contributed by atoms with van der Waals surface area (Å²) in [5.74, 6) is -1.78. The number of carbonyl (C=O) groups is 1. The van der Waals surface area contributed by atoms with Crippen LogP contribution in [0.5, 0.6) is 0 Å². The molecule has 2 aromatic rings. The lowest BCUT2D eigenvalue weighted by Gasteiger charge is -1.97. The normalized spacial score (nSPS) is 10.7. The minimum absolute atomic E-state index is 0.0652. The average Bonchev–Trinajstić information content (AvgIpc) is 2.77. The molecular formula is C13H11ClFNO3. The molecule has 2 rings (SSSR count). The van der Waals surface area contributed by atoms with Crippen molar-refractivity contribution in [1.82, 2.24) is 4.98 Å². The SMILES string of the molecule is CCCc1nc(-c2ccc(F)c(Cl)c2)oc1C(=O)O. The van der Waals surface area contributed by atoms with Crippen molar-refractivity contribution in [2.45, 2.75) is 19.8 Å². The van der Waals surface area contributed by atoms with Gasteiger partial charge in [-0.1, -0.05) is 24.9 Å². The molecule has 0 aliphatic rings. The van der Waals surface area contributed by atoms with Gasteiger partial charge in [0.05, 0.1) is 10.7 Å². The van der Waals surface area contributed by atoms with E-state index in [9.17, 15) is 9.18 Å². The Bertz CT molecular complexity index is 624. The van der Waals surface area contributed by atoms with Crippen LogP contribution < -0.4 is 0 Å². The molecule has 0 aliphatic heterocycles. The standard InChI is InChI=1S/C13H11ClFNO3/c1-2-3-10-11(13(17)18)19-12(16-10)7-4-5-9(15)8(14)6-7/h4-6H,2-3H2,1H3,(H,17,18). The van der Waals surface area contributed by atoms with Gasteiger partial charge in [0.2, 0.25) is 11.7 Å². The number of nitrogens with zero attached hydrogens (tertiary/aromatic N) is 1. The van der Waals surface area contributed by atoms with Gasteiger partial charge in [0.15, 0.2) is 0 Å². The van der Waals surface area contributed by atoms with Crippen molar-refractivity contribution in [3.63, 3.8) is 0 Å². The molecule has 1 aromatic heterocycles. The molecule has 6 heteroatoms. The van der Waals surface area contributed by atoms with E-state index in [1.807, 2.05) is 6.92 Å². The molecule has 0 saturated carbocycles. The quantitative estimate of drug-likeness (QED) is 0.927. The van der Waals surface area contributed by atoms with Gasteiger partial charge in [-0.15, -0.1) is 0 Å². The molecule has 1 aromatic carbocycles.